The first-order valence-electron chi connectivity index (χ1n) is 7.32. The number of likely N-dealkylation sites (N-methyl/N-ethyl adjacent to an activating group) is 1. The van der Waals surface area contributed by atoms with E-state index >= 15 is 0 Å². The fourth-order valence-electron chi connectivity index (χ4n) is 2.07. The Hall–Kier alpha value is -0.420. The third kappa shape index (κ3) is 7.06. The maximum atomic E-state index is 5.33. The number of thiophene rings is 1. The van der Waals surface area contributed by atoms with Gasteiger partial charge in [-0.2, -0.15) is 0 Å². The van der Waals surface area contributed by atoms with Crippen LogP contribution in [0.4, 0.5) is 0 Å². The molecule has 0 amide bonds. The zero-order valence-corrected chi connectivity index (χ0v) is 13.3. The first kappa shape index (κ1) is 16.6. The van der Waals surface area contributed by atoms with Crippen LogP contribution in [-0.4, -0.2) is 43.8 Å². The van der Waals surface area contributed by atoms with Crippen molar-refractivity contribution < 1.29 is 4.74 Å². The normalized spacial score (nSPS) is 13.1. The van der Waals surface area contributed by atoms with Crippen LogP contribution in [0.1, 0.15) is 32.1 Å². The van der Waals surface area contributed by atoms with Crippen LogP contribution in [0, 0.1) is 0 Å². The molecule has 0 radical (unpaired) electrons. The lowest BCUT2D eigenvalue weighted by Gasteiger charge is -2.27. The van der Waals surface area contributed by atoms with Crippen molar-refractivity contribution in [2.75, 3.05) is 32.8 Å². The van der Waals surface area contributed by atoms with E-state index in [2.05, 4.69) is 41.6 Å². The van der Waals surface area contributed by atoms with Crippen molar-refractivity contribution in [1.29, 1.82) is 0 Å². The second-order valence-electron chi connectivity index (χ2n) is 4.75. The number of hydrogen-bond donors (Lipinski definition) is 1. The van der Waals surface area contributed by atoms with Crippen LogP contribution in [0.15, 0.2) is 17.5 Å². The lowest BCUT2D eigenvalue weighted by atomic mass is 10.2. The Kier molecular flexibility index (Phi) is 9.08. The minimum atomic E-state index is 0.569. The van der Waals surface area contributed by atoms with Gasteiger partial charge in [-0.1, -0.05) is 13.0 Å². The van der Waals surface area contributed by atoms with Gasteiger partial charge in [0.1, 0.15) is 0 Å². The average Bonchev–Trinajstić information content (AvgIpc) is 2.92. The first-order valence-corrected chi connectivity index (χ1v) is 8.20. The van der Waals surface area contributed by atoms with E-state index in [4.69, 9.17) is 4.74 Å². The van der Waals surface area contributed by atoms with Crippen molar-refractivity contribution in [3.8, 4) is 0 Å². The van der Waals surface area contributed by atoms with Crippen LogP contribution >= 0.6 is 11.3 Å². The smallest absolute Gasteiger partial charge is 0.0477 e. The van der Waals surface area contributed by atoms with Gasteiger partial charge in [-0.05, 0) is 44.8 Å². The minimum absolute atomic E-state index is 0.569. The molecule has 0 bridgehead atoms. The summed E-state index contributed by atoms with van der Waals surface area (Å²) in [5.41, 5.74) is 0. The molecule has 0 saturated heterocycles. The van der Waals surface area contributed by atoms with E-state index in [0.29, 0.717) is 6.04 Å². The Bertz CT molecular complexity index is 303. The maximum Gasteiger partial charge on any atom is 0.0477 e. The molecular formula is C15H28N2OS. The number of hydrogen-bond acceptors (Lipinski definition) is 4. The lowest BCUT2D eigenvalue weighted by Crippen LogP contribution is -2.40. The predicted molar refractivity (Wildman–Crippen MR) is 83.8 cm³/mol. The molecule has 1 rings (SSSR count). The largest absolute Gasteiger partial charge is 0.382 e. The first-order chi connectivity index (χ1) is 9.27. The Morgan fingerprint density at radius 2 is 2.26 bits per heavy atom. The molecule has 0 aromatic carbocycles. The van der Waals surface area contributed by atoms with Gasteiger partial charge < -0.3 is 10.1 Å². The summed E-state index contributed by atoms with van der Waals surface area (Å²) in [5, 5.41) is 5.67. The van der Waals surface area contributed by atoms with Gasteiger partial charge in [-0.25, -0.2) is 0 Å². The summed E-state index contributed by atoms with van der Waals surface area (Å²) >= 11 is 1.84. The molecule has 4 heteroatoms. The molecule has 1 aromatic heterocycles. The summed E-state index contributed by atoms with van der Waals surface area (Å²) in [4.78, 5) is 3.96. The highest BCUT2D eigenvalue weighted by atomic mass is 32.1. The van der Waals surface area contributed by atoms with Gasteiger partial charge in [0.15, 0.2) is 0 Å². The second kappa shape index (κ2) is 10.4. The molecule has 0 spiro atoms. The molecule has 0 saturated carbocycles. The SMILES string of the molecule is CCOCCCNCC(C)N(CC)Cc1cccs1. The molecule has 1 atom stereocenters. The van der Waals surface area contributed by atoms with Gasteiger partial charge in [0, 0.05) is 37.2 Å². The molecular weight excluding hydrogens is 256 g/mol. The monoisotopic (exact) mass is 284 g/mol. The van der Waals surface area contributed by atoms with Gasteiger partial charge in [-0.15, -0.1) is 11.3 Å². The highest BCUT2D eigenvalue weighted by Gasteiger charge is 2.12. The maximum absolute atomic E-state index is 5.33. The summed E-state index contributed by atoms with van der Waals surface area (Å²) in [5.74, 6) is 0. The molecule has 1 aromatic rings. The van der Waals surface area contributed by atoms with Crippen molar-refractivity contribution in [3.05, 3.63) is 22.4 Å². The van der Waals surface area contributed by atoms with Crippen LogP contribution in [0.2, 0.25) is 0 Å². The summed E-state index contributed by atoms with van der Waals surface area (Å²) in [6.07, 6.45) is 1.09. The number of rotatable bonds is 11. The standard InChI is InChI=1S/C15H28N2OS/c1-4-17(13-15-8-6-11-19-15)14(3)12-16-9-7-10-18-5-2/h6,8,11,14,16H,4-5,7,9-10,12-13H2,1-3H3. The van der Waals surface area contributed by atoms with E-state index < -0.39 is 0 Å². The number of nitrogens with one attached hydrogen (secondary N) is 1. The molecule has 0 aliphatic heterocycles. The minimum Gasteiger partial charge on any atom is -0.382 e. The highest BCUT2D eigenvalue weighted by Crippen LogP contribution is 2.13. The van der Waals surface area contributed by atoms with Gasteiger partial charge in [0.05, 0.1) is 0 Å². The molecule has 19 heavy (non-hydrogen) atoms. The molecule has 1 heterocycles. The molecule has 0 aliphatic carbocycles. The zero-order valence-electron chi connectivity index (χ0n) is 12.5. The van der Waals surface area contributed by atoms with Crippen molar-refractivity contribution >= 4 is 11.3 Å². The topological polar surface area (TPSA) is 24.5 Å². The molecule has 0 aliphatic rings. The van der Waals surface area contributed by atoms with Crippen molar-refractivity contribution in [1.82, 2.24) is 10.2 Å². The molecule has 1 unspecified atom stereocenters. The van der Waals surface area contributed by atoms with Gasteiger partial charge in [0.2, 0.25) is 0 Å². The van der Waals surface area contributed by atoms with E-state index in [0.717, 1.165) is 45.8 Å². The van der Waals surface area contributed by atoms with E-state index in [1.165, 1.54) is 4.88 Å². The third-order valence-electron chi connectivity index (χ3n) is 3.25. The van der Waals surface area contributed by atoms with Crippen LogP contribution in [0.25, 0.3) is 0 Å². The van der Waals surface area contributed by atoms with Crippen molar-refractivity contribution in [2.24, 2.45) is 0 Å². The summed E-state index contributed by atoms with van der Waals surface area (Å²) < 4.78 is 5.33. The fraction of sp³-hybridized carbons (Fsp3) is 0.733. The van der Waals surface area contributed by atoms with Crippen LogP contribution in [0.5, 0.6) is 0 Å². The molecule has 110 valence electrons. The number of nitrogens with zero attached hydrogens (tertiary/aromatic N) is 1. The molecule has 1 N–H and O–H groups in total. The van der Waals surface area contributed by atoms with E-state index in [9.17, 15) is 0 Å². The Morgan fingerprint density at radius 1 is 1.42 bits per heavy atom. The Balaban J connectivity index is 2.16. The number of ether oxygens (including phenoxy) is 1. The molecule has 0 fully saturated rings. The Morgan fingerprint density at radius 3 is 2.89 bits per heavy atom. The highest BCUT2D eigenvalue weighted by molar-refractivity contribution is 7.09. The van der Waals surface area contributed by atoms with E-state index in [1.807, 2.05) is 18.3 Å². The van der Waals surface area contributed by atoms with E-state index in [-0.39, 0.29) is 0 Å². The van der Waals surface area contributed by atoms with Crippen LogP contribution in [-0.2, 0) is 11.3 Å². The zero-order chi connectivity index (χ0) is 13.9. The van der Waals surface area contributed by atoms with Crippen molar-refractivity contribution in [3.63, 3.8) is 0 Å². The Labute approximate surface area is 122 Å². The third-order valence-corrected chi connectivity index (χ3v) is 4.12. The fourth-order valence-corrected chi connectivity index (χ4v) is 2.80. The predicted octanol–water partition coefficient (Wildman–Crippen LogP) is 2.97. The quantitative estimate of drug-likeness (QED) is 0.632. The van der Waals surface area contributed by atoms with Crippen LogP contribution < -0.4 is 5.32 Å². The second-order valence-corrected chi connectivity index (χ2v) is 5.78. The summed E-state index contributed by atoms with van der Waals surface area (Å²) in [7, 11) is 0. The van der Waals surface area contributed by atoms with Crippen molar-refractivity contribution in [2.45, 2.75) is 39.8 Å². The van der Waals surface area contributed by atoms with Gasteiger partial charge in [0.25, 0.3) is 0 Å². The lowest BCUT2D eigenvalue weighted by molar-refractivity contribution is 0.143. The summed E-state index contributed by atoms with van der Waals surface area (Å²) in [6, 6.07) is 4.92. The van der Waals surface area contributed by atoms with Crippen LogP contribution in [0.3, 0.4) is 0 Å². The van der Waals surface area contributed by atoms with Gasteiger partial charge in [-0.3, -0.25) is 4.90 Å². The summed E-state index contributed by atoms with van der Waals surface area (Å²) in [6.45, 7) is 12.5. The molecule has 3 nitrogen and oxygen atoms in total. The van der Waals surface area contributed by atoms with E-state index in [1.54, 1.807) is 0 Å². The van der Waals surface area contributed by atoms with Gasteiger partial charge >= 0.3 is 0 Å². The average molecular weight is 284 g/mol.